The van der Waals surface area contributed by atoms with Crippen LogP contribution in [0.25, 0.3) is 11.1 Å². The monoisotopic (exact) mass is 620 g/mol. The molecular formula is C25H25Cl2F3N4O5S. The fourth-order valence-corrected chi connectivity index (χ4v) is 7.36. The minimum absolute atomic E-state index is 0.0293. The van der Waals surface area contributed by atoms with Gasteiger partial charge in [0.1, 0.15) is 11.4 Å². The number of oxazole rings is 1. The molecule has 9 nitrogen and oxygen atoms in total. The van der Waals surface area contributed by atoms with Crippen molar-refractivity contribution in [1.29, 1.82) is 0 Å². The van der Waals surface area contributed by atoms with Crippen LogP contribution < -0.4 is 5.76 Å². The first kappa shape index (κ1) is 28.9. The van der Waals surface area contributed by atoms with Crippen molar-refractivity contribution in [2.75, 3.05) is 39.3 Å². The van der Waals surface area contributed by atoms with Crippen molar-refractivity contribution in [3.63, 3.8) is 0 Å². The van der Waals surface area contributed by atoms with Gasteiger partial charge >= 0.3 is 11.9 Å². The highest BCUT2D eigenvalue weighted by Crippen LogP contribution is 2.35. The normalized spacial score (nSPS) is 19.5. The lowest BCUT2D eigenvalue weighted by molar-refractivity contribution is -0.138. The van der Waals surface area contributed by atoms with E-state index in [0.717, 1.165) is 42.4 Å². The third kappa shape index (κ3) is 5.75. The molecule has 1 atom stereocenters. The van der Waals surface area contributed by atoms with E-state index < -0.39 is 44.4 Å². The number of rotatable bonds is 6. The Morgan fingerprint density at radius 2 is 1.75 bits per heavy atom. The third-order valence-electron chi connectivity index (χ3n) is 7.23. The number of hydrogen-bond acceptors (Lipinski definition) is 6. The maximum atomic E-state index is 13.5. The molecule has 2 aliphatic heterocycles. The topological polar surface area (TPSA) is 96.1 Å². The summed E-state index contributed by atoms with van der Waals surface area (Å²) in [6, 6.07) is 6.16. The van der Waals surface area contributed by atoms with Gasteiger partial charge in [0.2, 0.25) is 15.9 Å². The second-order valence-electron chi connectivity index (χ2n) is 9.82. The molecule has 1 aromatic heterocycles. The Bertz CT molecular complexity index is 1600. The van der Waals surface area contributed by atoms with Crippen molar-refractivity contribution in [2.45, 2.75) is 36.5 Å². The van der Waals surface area contributed by atoms with Crippen LogP contribution in [0.2, 0.25) is 10.0 Å². The molecule has 15 heteroatoms. The predicted octanol–water partition coefficient (Wildman–Crippen LogP) is 3.92. The predicted molar refractivity (Wildman–Crippen MR) is 142 cm³/mol. The van der Waals surface area contributed by atoms with Crippen molar-refractivity contribution < 1.29 is 30.8 Å². The summed E-state index contributed by atoms with van der Waals surface area (Å²) in [4.78, 5) is 29.0. The Kier molecular flexibility index (Phi) is 7.96. The number of piperazine rings is 1. The number of aromatic nitrogens is 1. The number of carbonyl (C=O) groups is 1. The fraction of sp³-hybridized carbons (Fsp3) is 0.440. The molecule has 2 aliphatic rings. The lowest BCUT2D eigenvalue weighted by Gasteiger charge is -2.42. The quantitative estimate of drug-likeness (QED) is 0.414. The van der Waals surface area contributed by atoms with Gasteiger partial charge in [-0.3, -0.25) is 9.36 Å². The summed E-state index contributed by atoms with van der Waals surface area (Å²) in [5, 5.41) is 0.0287. The number of benzene rings is 2. The summed E-state index contributed by atoms with van der Waals surface area (Å²) in [7, 11) is -4.42. The molecule has 3 heterocycles. The zero-order chi connectivity index (χ0) is 28.8. The largest absolute Gasteiger partial charge is 0.420 e. The summed E-state index contributed by atoms with van der Waals surface area (Å²) in [6.45, 7) is 1.21. The first-order valence-corrected chi connectivity index (χ1v) is 14.7. The van der Waals surface area contributed by atoms with Crippen LogP contribution in [0, 0.1) is 0 Å². The fourth-order valence-electron chi connectivity index (χ4n) is 5.22. The molecule has 3 aromatic rings. The number of likely N-dealkylation sites (tertiary alicyclic amines) is 1. The Balaban J connectivity index is 1.42. The van der Waals surface area contributed by atoms with Gasteiger partial charge < -0.3 is 14.2 Å². The SMILES string of the molecule is O=C(Cn1c(=O)oc2ccc(Cl)cc21)N1CCN(S(=O)(=O)c2cc(C(F)(F)F)ccc2Cl)CC1CN1CCCC1. The van der Waals surface area contributed by atoms with Gasteiger partial charge in [-0.25, -0.2) is 13.2 Å². The van der Waals surface area contributed by atoms with E-state index in [4.69, 9.17) is 27.6 Å². The van der Waals surface area contributed by atoms with E-state index in [-0.39, 0.29) is 36.8 Å². The van der Waals surface area contributed by atoms with E-state index >= 15 is 0 Å². The van der Waals surface area contributed by atoms with Crippen LogP contribution in [0.3, 0.4) is 0 Å². The number of amides is 1. The standard InChI is InChI=1S/C25H25Cl2F3N4O5S/c26-17-4-6-21-20(12-17)34(24(36)39-21)15-23(35)33-10-9-32(14-18(33)13-31-7-1-2-8-31)40(37,38)22-11-16(25(28,29)30)3-5-19(22)27/h3-6,11-12,18H,1-2,7-10,13-15H2. The number of nitrogens with zero attached hydrogens (tertiary/aromatic N) is 4. The third-order valence-corrected chi connectivity index (χ3v) is 9.81. The Hall–Kier alpha value is -2.58. The average molecular weight is 621 g/mol. The lowest BCUT2D eigenvalue weighted by atomic mass is 10.1. The van der Waals surface area contributed by atoms with Crippen LogP contribution in [0.1, 0.15) is 18.4 Å². The van der Waals surface area contributed by atoms with Gasteiger partial charge in [0.15, 0.2) is 5.58 Å². The van der Waals surface area contributed by atoms with E-state index in [9.17, 15) is 31.2 Å². The lowest BCUT2D eigenvalue weighted by Crippen LogP contribution is -2.60. The van der Waals surface area contributed by atoms with Crippen LogP contribution in [-0.4, -0.2) is 78.3 Å². The smallest absolute Gasteiger partial charge is 0.408 e. The number of halogens is 5. The van der Waals surface area contributed by atoms with Crippen molar-refractivity contribution in [3.05, 3.63) is 62.6 Å². The van der Waals surface area contributed by atoms with Gasteiger partial charge in [0.05, 0.1) is 22.1 Å². The van der Waals surface area contributed by atoms with Gasteiger partial charge in [-0.05, 0) is 62.3 Å². The van der Waals surface area contributed by atoms with E-state index in [1.165, 1.54) is 21.6 Å². The van der Waals surface area contributed by atoms with Crippen molar-refractivity contribution in [1.82, 2.24) is 18.7 Å². The molecule has 2 saturated heterocycles. The van der Waals surface area contributed by atoms with Gasteiger partial charge in [0.25, 0.3) is 0 Å². The van der Waals surface area contributed by atoms with Crippen LogP contribution in [0.15, 0.2) is 50.5 Å². The van der Waals surface area contributed by atoms with E-state index in [2.05, 4.69) is 4.90 Å². The van der Waals surface area contributed by atoms with Crippen molar-refractivity contribution in [3.8, 4) is 0 Å². The minimum Gasteiger partial charge on any atom is -0.408 e. The first-order chi connectivity index (χ1) is 18.8. The summed E-state index contributed by atoms with van der Waals surface area (Å²) < 4.78 is 74.5. The number of alkyl halides is 3. The van der Waals surface area contributed by atoms with E-state index in [0.29, 0.717) is 23.2 Å². The highest BCUT2D eigenvalue weighted by Gasteiger charge is 2.40. The van der Waals surface area contributed by atoms with Gasteiger partial charge in [-0.15, -0.1) is 0 Å². The highest BCUT2D eigenvalue weighted by molar-refractivity contribution is 7.89. The second-order valence-corrected chi connectivity index (χ2v) is 12.6. The molecular weight excluding hydrogens is 596 g/mol. The first-order valence-electron chi connectivity index (χ1n) is 12.5. The summed E-state index contributed by atoms with van der Waals surface area (Å²) in [5.41, 5.74) is -0.511. The second kappa shape index (κ2) is 11.0. The molecule has 0 spiro atoms. The molecule has 0 aliphatic carbocycles. The Labute approximate surface area is 237 Å². The summed E-state index contributed by atoms with van der Waals surface area (Å²) in [5.74, 6) is -1.16. The molecule has 0 saturated carbocycles. The van der Waals surface area contributed by atoms with Gasteiger partial charge in [0, 0.05) is 31.2 Å². The number of carbonyl (C=O) groups excluding carboxylic acids is 1. The Morgan fingerprint density at radius 3 is 2.45 bits per heavy atom. The molecule has 2 fully saturated rings. The Morgan fingerprint density at radius 1 is 1.02 bits per heavy atom. The number of fused-ring (bicyclic) bond motifs is 1. The van der Waals surface area contributed by atoms with Crippen LogP contribution >= 0.6 is 23.2 Å². The molecule has 0 radical (unpaired) electrons. The molecule has 5 rings (SSSR count). The van der Waals surface area contributed by atoms with Crippen LogP contribution in [0.4, 0.5) is 13.2 Å². The van der Waals surface area contributed by atoms with Crippen LogP contribution in [0.5, 0.6) is 0 Å². The van der Waals surface area contributed by atoms with E-state index in [1.807, 2.05) is 0 Å². The van der Waals surface area contributed by atoms with Crippen molar-refractivity contribution in [2.24, 2.45) is 0 Å². The maximum absolute atomic E-state index is 13.5. The molecule has 216 valence electrons. The molecule has 0 bridgehead atoms. The zero-order valence-electron chi connectivity index (χ0n) is 21.0. The van der Waals surface area contributed by atoms with Crippen LogP contribution in [-0.2, 0) is 27.5 Å². The van der Waals surface area contributed by atoms with Gasteiger partial charge in [-0.2, -0.15) is 17.5 Å². The molecule has 2 aromatic carbocycles. The summed E-state index contributed by atoms with van der Waals surface area (Å²) >= 11 is 12.1. The van der Waals surface area contributed by atoms with Gasteiger partial charge in [-0.1, -0.05) is 23.2 Å². The zero-order valence-corrected chi connectivity index (χ0v) is 23.4. The molecule has 40 heavy (non-hydrogen) atoms. The highest BCUT2D eigenvalue weighted by atomic mass is 35.5. The summed E-state index contributed by atoms with van der Waals surface area (Å²) in [6.07, 6.45) is -2.84. The molecule has 0 N–H and O–H groups in total. The van der Waals surface area contributed by atoms with E-state index in [1.54, 1.807) is 6.07 Å². The molecule has 1 unspecified atom stereocenters. The number of sulfonamides is 1. The number of hydrogen-bond donors (Lipinski definition) is 0. The maximum Gasteiger partial charge on any atom is 0.420 e. The average Bonchev–Trinajstić information content (AvgIpc) is 3.51. The van der Waals surface area contributed by atoms with Crippen molar-refractivity contribution >= 4 is 50.2 Å². The molecule has 1 amide bonds. The minimum atomic E-state index is -4.75.